The topological polar surface area (TPSA) is 95.1 Å². The zero-order chi connectivity index (χ0) is 16.7. The van der Waals surface area contributed by atoms with Gasteiger partial charge in [-0.2, -0.15) is 5.10 Å². The van der Waals surface area contributed by atoms with Gasteiger partial charge in [0, 0.05) is 23.6 Å². The maximum Gasteiger partial charge on any atom is 0.303 e. The highest BCUT2D eigenvalue weighted by Gasteiger charge is 2.10. The SMILES string of the molecule is O=C(O)CCCCCNC(=O)c1cc(-c2ccc(Cl)cc2)n[nH]1. The third-order valence-electron chi connectivity index (χ3n) is 3.32. The van der Waals surface area contributed by atoms with Gasteiger partial charge in [-0.1, -0.05) is 30.2 Å². The molecule has 122 valence electrons. The number of hydrogen-bond donors (Lipinski definition) is 3. The molecule has 0 aliphatic carbocycles. The highest BCUT2D eigenvalue weighted by atomic mass is 35.5. The lowest BCUT2D eigenvalue weighted by Crippen LogP contribution is -2.24. The molecular weight excluding hydrogens is 318 g/mol. The number of carboxylic acid groups (broad SMARTS) is 1. The molecule has 0 fully saturated rings. The fourth-order valence-corrected chi connectivity index (χ4v) is 2.21. The predicted octanol–water partition coefficient (Wildman–Crippen LogP) is 3.10. The maximum atomic E-state index is 12.0. The highest BCUT2D eigenvalue weighted by molar-refractivity contribution is 6.30. The molecule has 0 saturated carbocycles. The van der Waals surface area contributed by atoms with E-state index in [1.807, 2.05) is 12.1 Å². The van der Waals surface area contributed by atoms with Crippen LogP contribution in [0.2, 0.25) is 5.02 Å². The van der Waals surface area contributed by atoms with Gasteiger partial charge in [-0.05, 0) is 31.0 Å². The van der Waals surface area contributed by atoms with Crippen LogP contribution in [0.3, 0.4) is 0 Å². The number of H-pyrrole nitrogens is 1. The smallest absolute Gasteiger partial charge is 0.303 e. The molecule has 1 aromatic carbocycles. The van der Waals surface area contributed by atoms with Crippen LogP contribution in [0.5, 0.6) is 0 Å². The Bertz CT molecular complexity index is 667. The standard InChI is InChI=1S/C16H18ClN3O3/c17-12-7-5-11(6-8-12)13-10-14(20-19-13)16(23)18-9-3-1-2-4-15(21)22/h5-8,10H,1-4,9H2,(H,18,23)(H,19,20)(H,21,22). The van der Waals surface area contributed by atoms with Gasteiger partial charge in [0.2, 0.25) is 0 Å². The van der Waals surface area contributed by atoms with E-state index in [-0.39, 0.29) is 12.3 Å². The highest BCUT2D eigenvalue weighted by Crippen LogP contribution is 2.20. The second kappa shape index (κ2) is 8.33. The van der Waals surface area contributed by atoms with Crippen molar-refractivity contribution in [1.29, 1.82) is 0 Å². The summed E-state index contributed by atoms with van der Waals surface area (Å²) in [5.41, 5.74) is 1.94. The van der Waals surface area contributed by atoms with Crippen LogP contribution in [0, 0.1) is 0 Å². The monoisotopic (exact) mass is 335 g/mol. The fourth-order valence-electron chi connectivity index (χ4n) is 2.08. The van der Waals surface area contributed by atoms with E-state index in [4.69, 9.17) is 16.7 Å². The number of hydrogen-bond acceptors (Lipinski definition) is 3. The van der Waals surface area contributed by atoms with Gasteiger partial charge < -0.3 is 10.4 Å². The molecule has 0 bridgehead atoms. The van der Waals surface area contributed by atoms with Gasteiger partial charge in [-0.25, -0.2) is 0 Å². The Balaban J connectivity index is 1.79. The summed E-state index contributed by atoms with van der Waals surface area (Å²) in [6, 6.07) is 8.89. The summed E-state index contributed by atoms with van der Waals surface area (Å²) in [6.07, 6.45) is 2.30. The van der Waals surface area contributed by atoms with Crippen LogP contribution in [0.4, 0.5) is 0 Å². The molecule has 2 aromatic rings. The molecule has 1 heterocycles. The Morgan fingerprint density at radius 1 is 1.17 bits per heavy atom. The summed E-state index contributed by atoms with van der Waals surface area (Å²) >= 11 is 5.84. The van der Waals surface area contributed by atoms with E-state index >= 15 is 0 Å². The van der Waals surface area contributed by atoms with Crippen LogP contribution in [0.25, 0.3) is 11.3 Å². The van der Waals surface area contributed by atoms with E-state index in [9.17, 15) is 9.59 Å². The van der Waals surface area contributed by atoms with E-state index in [2.05, 4.69) is 15.5 Å². The third kappa shape index (κ3) is 5.41. The van der Waals surface area contributed by atoms with Gasteiger partial charge >= 0.3 is 5.97 Å². The van der Waals surface area contributed by atoms with Crippen LogP contribution in [-0.2, 0) is 4.79 Å². The Morgan fingerprint density at radius 2 is 1.91 bits per heavy atom. The minimum absolute atomic E-state index is 0.166. The van der Waals surface area contributed by atoms with E-state index in [1.165, 1.54) is 0 Å². The number of carbonyl (C=O) groups is 2. The van der Waals surface area contributed by atoms with Crippen molar-refractivity contribution in [2.75, 3.05) is 6.54 Å². The number of aromatic amines is 1. The molecule has 1 aromatic heterocycles. The first-order valence-electron chi connectivity index (χ1n) is 7.37. The van der Waals surface area contributed by atoms with Gasteiger partial charge in [-0.15, -0.1) is 0 Å². The molecule has 3 N–H and O–H groups in total. The average Bonchev–Trinajstić information content (AvgIpc) is 3.01. The molecular formula is C16H18ClN3O3. The number of halogens is 1. The quantitative estimate of drug-likeness (QED) is 0.646. The molecule has 0 aliphatic heterocycles. The minimum Gasteiger partial charge on any atom is -0.481 e. The molecule has 0 unspecified atom stereocenters. The van der Waals surface area contributed by atoms with Crippen molar-refractivity contribution in [3.8, 4) is 11.3 Å². The zero-order valence-electron chi connectivity index (χ0n) is 12.5. The number of amides is 1. The van der Waals surface area contributed by atoms with Crippen molar-refractivity contribution in [3.05, 3.63) is 41.0 Å². The molecule has 0 radical (unpaired) electrons. The number of benzene rings is 1. The number of rotatable bonds is 8. The van der Waals surface area contributed by atoms with Crippen molar-refractivity contribution in [2.24, 2.45) is 0 Å². The molecule has 7 heteroatoms. The van der Waals surface area contributed by atoms with Crippen molar-refractivity contribution in [2.45, 2.75) is 25.7 Å². The van der Waals surface area contributed by atoms with E-state index in [1.54, 1.807) is 18.2 Å². The van der Waals surface area contributed by atoms with Crippen LogP contribution < -0.4 is 5.32 Å². The number of aromatic nitrogens is 2. The summed E-state index contributed by atoms with van der Waals surface area (Å²) in [4.78, 5) is 22.4. The van der Waals surface area contributed by atoms with Crippen molar-refractivity contribution in [1.82, 2.24) is 15.5 Å². The van der Waals surface area contributed by atoms with Crippen molar-refractivity contribution in [3.63, 3.8) is 0 Å². The lowest BCUT2D eigenvalue weighted by Gasteiger charge is -2.02. The maximum absolute atomic E-state index is 12.0. The number of nitrogens with zero attached hydrogens (tertiary/aromatic N) is 1. The summed E-state index contributed by atoms with van der Waals surface area (Å²) in [5, 5.41) is 18.8. The zero-order valence-corrected chi connectivity index (χ0v) is 13.3. The molecule has 23 heavy (non-hydrogen) atoms. The molecule has 0 spiro atoms. The molecule has 6 nitrogen and oxygen atoms in total. The minimum atomic E-state index is -0.791. The second-order valence-corrected chi connectivity index (χ2v) is 5.57. The largest absolute Gasteiger partial charge is 0.481 e. The summed E-state index contributed by atoms with van der Waals surface area (Å²) < 4.78 is 0. The molecule has 2 rings (SSSR count). The first-order valence-corrected chi connectivity index (χ1v) is 7.75. The number of carboxylic acids is 1. The average molecular weight is 336 g/mol. The van der Waals surface area contributed by atoms with Gasteiger partial charge in [0.05, 0.1) is 5.69 Å². The molecule has 1 amide bonds. The first-order chi connectivity index (χ1) is 11.1. The lowest BCUT2D eigenvalue weighted by molar-refractivity contribution is -0.137. The second-order valence-electron chi connectivity index (χ2n) is 5.13. The van der Waals surface area contributed by atoms with Crippen molar-refractivity contribution < 1.29 is 14.7 Å². The van der Waals surface area contributed by atoms with E-state index in [0.717, 1.165) is 18.4 Å². The molecule has 0 atom stereocenters. The van der Waals surface area contributed by atoms with E-state index < -0.39 is 5.97 Å². The molecule has 0 saturated heterocycles. The summed E-state index contributed by atoms with van der Waals surface area (Å²) in [6.45, 7) is 0.508. The Hall–Kier alpha value is -2.34. The van der Waals surface area contributed by atoms with Gasteiger partial charge in [0.1, 0.15) is 5.69 Å². The summed E-state index contributed by atoms with van der Waals surface area (Å²) in [5.74, 6) is -1.02. The third-order valence-corrected chi connectivity index (χ3v) is 3.57. The van der Waals surface area contributed by atoms with Crippen LogP contribution in [-0.4, -0.2) is 33.7 Å². The number of aliphatic carboxylic acids is 1. The van der Waals surface area contributed by atoms with Gasteiger partial charge in [0.15, 0.2) is 0 Å². The van der Waals surface area contributed by atoms with Gasteiger partial charge in [0.25, 0.3) is 5.91 Å². The fraction of sp³-hybridized carbons (Fsp3) is 0.312. The predicted molar refractivity (Wildman–Crippen MR) is 87.5 cm³/mol. The Kier molecular flexibility index (Phi) is 6.17. The lowest BCUT2D eigenvalue weighted by atomic mass is 10.1. The van der Waals surface area contributed by atoms with Gasteiger partial charge in [-0.3, -0.25) is 14.7 Å². The Morgan fingerprint density at radius 3 is 2.61 bits per heavy atom. The van der Waals surface area contributed by atoms with Crippen molar-refractivity contribution >= 4 is 23.5 Å². The number of unbranched alkanes of at least 4 members (excludes halogenated alkanes) is 2. The molecule has 0 aliphatic rings. The Labute approximate surface area is 138 Å². The van der Waals surface area contributed by atoms with E-state index in [0.29, 0.717) is 29.4 Å². The van der Waals surface area contributed by atoms with Crippen LogP contribution in [0.1, 0.15) is 36.2 Å². The normalized spacial score (nSPS) is 10.5. The van der Waals surface area contributed by atoms with Crippen LogP contribution in [0.15, 0.2) is 30.3 Å². The number of carbonyl (C=O) groups excluding carboxylic acids is 1. The van der Waals surface area contributed by atoms with Crippen LogP contribution >= 0.6 is 11.6 Å². The number of nitrogens with one attached hydrogen (secondary N) is 2. The first kappa shape index (κ1) is 17.0. The summed E-state index contributed by atoms with van der Waals surface area (Å²) in [7, 11) is 0.